The molecule has 0 fully saturated rings. The Kier molecular flexibility index (Phi) is 3.71. The zero-order chi connectivity index (χ0) is 14.7. The third kappa shape index (κ3) is 2.53. The Balaban J connectivity index is 1.99. The summed E-state index contributed by atoms with van der Waals surface area (Å²) in [4.78, 5) is 12.6. The van der Waals surface area contributed by atoms with Crippen LogP contribution >= 0.6 is 0 Å². The fourth-order valence-electron chi connectivity index (χ4n) is 2.38. The Bertz CT molecular complexity index is 665. The number of anilines is 1. The lowest BCUT2D eigenvalue weighted by Gasteiger charge is -2.15. The summed E-state index contributed by atoms with van der Waals surface area (Å²) in [5, 5.41) is 1.45. The van der Waals surface area contributed by atoms with E-state index in [0.29, 0.717) is 18.5 Å². The first kappa shape index (κ1) is 13.4. The second-order valence-corrected chi connectivity index (χ2v) is 4.78. The minimum atomic E-state index is -0.0921. The maximum absolute atomic E-state index is 12.6. The second kappa shape index (κ2) is 5.81. The third-order valence-electron chi connectivity index (χ3n) is 3.38. The van der Waals surface area contributed by atoms with Gasteiger partial charge >= 0.3 is 0 Å². The Labute approximate surface area is 123 Å². The molecule has 1 amide bonds. The van der Waals surface area contributed by atoms with Gasteiger partial charge < -0.3 is 5.73 Å². The number of carbonyl (C=O) groups excluding carboxylic acids is 1. The molecule has 2 N–H and O–H groups in total. The molecule has 0 saturated carbocycles. The van der Waals surface area contributed by atoms with Crippen molar-refractivity contribution in [2.45, 2.75) is 6.42 Å². The number of amides is 1. The predicted octanol–water partition coefficient (Wildman–Crippen LogP) is 2.31. The molecule has 1 aliphatic rings. The van der Waals surface area contributed by atoms with E-state index in [1.165, 1.54) is 5.01 Å². The lowest BCUT2D eigenvalue weighted by Crippen LogP contribution is -2.31. The number of para-hydroxylation sites is 1. The van der Waals surface area contributed by atoms with Gasteiger partial charge in [0.25, 0.3) is 5.91 Å². The fraction of sp³-hybridized carbons (Fsp3) is 0.118. The number of benzene rings is 2. The Morgan fingerprint density at radius 1 is 0.952 bits per heavy atom. The van der Waals surface area contributed by atoms with Crippen molar-refractivity contribution in [2.75, 3.05) is 11.6 Å². The number of hydrogen-bond acceptors (Lipinski definition) is 2. The maximum Gasteiger partial charge on any atom is 0.276 e. The predicted molar refractivity (Wildman–Crippen MR) is 83.1 cm³/mol. The molecule has 0 bridgehead atoms. The summed E-state index contributed by atoms with van der Waals surface area (Å²) >= 11 is 0. The minimum absolute atomic E-state index is 0.0921. The Morgan fingerprint density at radius 3 is 2.19 bits per heavy atom. The first-order valence-corrected chi connectivity index (χ1v) is 6.91. The van der Waals surface area contributed by atoms with Gasteiger partial charge in [0, 0.05) is 11.1 Å². The van der Waals surface area contributed by atoms with E-state index in [2.05, 4.69) is 5.43 Å². The van der Waals surface area contributed by atoms with Crippen molar-refractivity contribution in [3.63, 3.8) is 0 Å². The molecule has 2 aromatic carbocycles. The average molecular weight is 278 g/mol. The van der Waals surface area contributed by atoms with E-state index in [4.69, 9.17) is 5.73 Å². The average Bonchev–Trinajstić information content (AvgIpc) is 2.87. The quantitative estimate of drug-likeness (QED) is 0.933. The van der Waals surface area contributed by atoms with Crippen LogP contribution in [0.2, 0.25) is 0 Å². The molecule has 0 aromatic heterocycles. The van der Waals surface area contributed by atoms with Crippen molar-refractivity contribution in [3.05, 3.63) is 71.8 Å². The molecule has 0 spiro atoms. The summed E-state index contributed by atoms with van der Waals surface area (Å²) in [6.07, 6.45) is 0.524. The van der Waals surface area contributed by atoms with Gasteiger partial charge in [-0.15, -0.1) is 0 Å². The highest BCUT2D eigenvalue weighted by atomic mass is 16.2. The van der Waals surface area contributed by atoms with Crippen LogP contribution in [0.15, 0.2) is 66.2 Å². The maximum atomic E-state index is 12.6. The minimum Gasteiger partial charge on any atom is -0.330 e. The van der Waals surface area contributed by atoms with Crippen molar-refractivity contribution < 1.29 is 4.79 Å². The first-order valence-electron chi connectivity index (χ1n) is 6.91. The lowest BCUT2D eigenvalue weighted by atomic mass is 10.0. The number of nitrogens with two attached hydrogens (primary N) is 1. The van der Waals surface area contributed by atoms with Crippen molar-refractivity contribution in [1.82, 2.24) is 5.43 Å². The molecule has 1 radical (unpaired) electrons. The van der Waals surface area contributed by atoms with Crippen molar-refractivity contribution in [1.29, 1.82) is 0 Å². The molecule has 2 aromatic rings. The molecule has 0 saturated heterocycles. The van der Waals surface area contributed by atoms with Crippen molar-refractivity contribution in [2.24, 2.45) is 5.73 Å². The number of rotatable bonds is 4. The van der Waals surface area contributed by atoms with Gasteiger partial charge in [0.1, 0.15) is 5.70 Å². The number of nitrogens with zero attached hydrogens (tertiary/aromatic N) is 2. The van der Waals surface area contributed by atoms with Gasteiger partial charge in [0.2, 0.25) is 0 Å². The van der Waals surface area contributed by atoms with Crippen LogP contribution in [0.1, 0.15) is 12.0 Å². The summed E-state index contributed by atoms with van der Waals surface area (Å²) in [5.74, 6) is -0.0921. The standard InChI is InChI=1S/C17H16N3O/c18-12-11-15-16(13-7-3-1-4-8-13)19-20(17(15)21)14-9-5-2-6-10-14/h1-10H,11-12,18H2. The van der Waals surface area contributed by atoms with Crippen LogP contribution in [0.3, 0.4) is 0 Å². The first-order chi connectivity index (χ1) is 10.3. The highest BCUT2D eigenvalue weighted by molar-refractivity contribution is 6.14. The molecular formula is C17H16N3O. The second-order valence-electron chi connectivity index (χ2n) is 4.78. The summed E-state index contributed by atoms with van der Waals surface area (Å²) in [7, 11) is 0. The van der Waals surface area contributed by atoms with Gasteiger partial charge in [-0.2, -0.15) is 10.4 Å². The van der Waals surface area contributed by atoms with E-state index in [1.807, 2.05) is 60.7 Å². The molecule has 1 heterocycles. The molecule has 3 rings (SSSR count). The topological polar surface area (TPSA) is 60.4 Å². The molecule has 0 unspecified atom stereocenters. The van der Waals surface area contributed by atoms with Crippen LogP contribution in [-0.2, 0) is 4.79 Å². The molecule has 1 aliphatic heterocycles. The van der Waals surface area contributed by atoms with E-state index >= 15 is 0 Å². The monoisotopic (exact) mass is 278 g/mol. The van der Waals surface area contributed by atoms with Crippen molar-refractivity contribution in [3.8, 4) is 0 Å². The van der Waals surface area contributed by atoms with Gasteiger partial charge in [0.15, 0.2) is 0 Å². The fourth-order valence-corrected chi connectivity index (χ4v) is 2.38. The molecular weight excluding hydrogens is 262 g/mol. The van der Waals surface area contributed by atoms with Gasteiger partial charge in [-0.05, 0) is 25.1 Å². The van der Waals surface area contributed by atoms with E-state index in [-0.39, 0.29) is 5.91 Å². The summed E-state index contributed by atoms with van der Waals surface area (Å²) in [5.41, 5.74) is 13.3. The van der Waals surface area contributed by atoms with Gasteiger partial charge in [-0.3, -0.25) is 4.79 Å². The van der Waals surface area contributed by atoms with E-state index < -0.39 is 0 Å². The summed E-state index contributed by atoms with van der Waals surface area (Å²) in [6, 6.07) is 19.2. The summed E-state index contributed by atoms with van der Waals surface area (Å²) in [6.45, 7) is 0.426. The van der Waals surface area contributed by atoms with Crippen LogP contribution < -0.4 is 16.2 Å². The Morgan fingerprint density at radius 2 is 1.57 bits per heavy atom. The van der Waals surface area contributed by atoms with E-state index in [1.54, 1.807) is 0 Å². The zero-order valence-corrected chi connectivity index (χ0v) is 11.6. The zero-order valence-electron chi connectivity index (χ0n) is 11.6. The van der Waals surface area contributed by atoms with Crippen molar-refractivity contribution >= 4 is 17.3 Å². The van der Waals surface area contributed by atoms with E-state index in [9.17, 15) is 4.79 Å². The highest BCUT2D eigenvalue weighted by Gasteiger charge is 2.33. The van der Waals surface area contributed by atoms with Crippen LogP contribution in [0.5, 0.6) is 0 Å². The van der Waals surface area contributed by atoms with Crippen LogP contribution in [-0.4, -0.2) is 12.5 Å². The SMILES string of the molecule is NCCC1=C(c2ccccc2)[N]N(c2ccccc2)C1=O. The molecule has 21 heavy (non-hydrogen) atoms. The summed E-state index contributed by atoms with van der Waals surface area (Å²) < 4.78 is 0. The molecule has 0 atom stereocenters. The lowest BCUT2D eigenvalue weighted by molar-refractivity contribution is -0.115. The van der Waals surface area contributed by atoms with E-state index in [0.717, 1.165) is 16.9 Å². The number of hydrogen-bond donors (Lipinski definition) is 1. The third-order valence-corrected chi connectivity index (χ3v) is 3.38. The van der Waals surface area contributed by atoms with Crippen LogP contribution in [0, 0.1) is 0 Å². The van der Waals surface area contributed by atoms with Gasteiger partial charge in [-0.25, -0.2) is 0 Å². The molecule has 105 valence electrons. The van der Waals surface area contributed by atoms with Gasteiger partial charge in [-0.1, -0.05) is 48.5 Å². The highest BCUT2D eigenvalue weighted by Crippen LogP contribution is 2.30. The largest absolute Gasteiger partial charge is 0.330 e. The molecule has 4 heteroatoms. The van der Waals surface area contributed by atoms with Crippen LogP contribution in [0.4, 0.5) is 5.69 Å². The van der Waals surface area contributed by atoms with Crippen LogP contribution in [0.25, 0.3) is 5.70 Å². The van der Waals surface area contributed by atoms with Gasteiger partial charge in [0.05, 0.1) is 5.69 Å². The Hall–Kier alpha value is -2.59. The number of carbonyl (C=O) groups is 1. The molecule has 4 nitrogen and oxygen atoms in total. The smallest absolute Gasteiger partial charge is 0.276 e. The normalized spacial score (nSPS) is 14.5. The molecule has 0 aliphatic carbocycles.